The minimum absolute atomic E-state index is 0.320. The average Bonchev–Trinajstić information content (AvgIpc) is 3.57. The van der Waals surface area contributed by atoms with Crippen LogP contribution in [0, 0.1) is 0 Å². The first-order valence-electron chi connectivity index (χ1n) is 13.3. The molecular weight excluding hydrogens is 486 g/mol. The van der Waals surface area contributed by atoms with E-state index in [-0.39, 0.29) is 0 Å². The highest BCUT2D eigenvalue weighted by molar-refractivity contribution is 5.92. The number of benzene rings is 2. The lowest BCUT2D eigenvalue weighted by Crippen LogP contribution is -2.12. The average molecular weight is 516 g/mol. The van der Waals surface area contributed by atoms with Gasteiger partial charge < -0.3 is 25.7 Å². The van der Waals surface area contributed by atoms with Crippen molar-refractivity contribution in [3.63, 3.8) is 0 Å². The van der Waals surface area contributed by atoms with Crippen LogP contribution in [0.1, 0.15) is 36.0 Å². The molecule has 8 heteroatoms. The highest BCUT2D eigenvalue weighted by atomic mass is 16.5. The number of nitrogens with zero attached hydrogens (tertiary/aromatic N) is 3. The molecule has 3 aliphatic rings. The number of allylic oxidation sites excluding steroid dienone is 1. The number of hydrogen-bond acceptors (Lipinski definition) is 7. The maximum Gasteiger partial charge on any atom is 0.178 e. The molecule has 2 aromatic carbocycles. The quantitative estimate of drug-likeness (QED) is 0.194. The van der Waals surface area contributed by atoms with Crippen LogP contribution in [0.15, 0.2) is 77.7 Å². The summed E-state index contributed by atoms with van der Waals surface area (Å²) < 4.78 is 6.09. The number of ether oxygens (including phenoxy) is 1. The van der Waals surface area contributed by atoms with Gasteiger partial charge in [0.2, 0.25) is 0 Å². The number of hydrogen-bond donors (Lipinski definition) is 4. The lowest BCUT2D eigenvalue weighted by atomic mass is 9.95. The number of H-pyrrole nitrogens is 1. The maximum atomic E-state index is 6.09. The Hall–Kier alpha value is -4.85. The number of imidazole rings is 1. The van der Waals surface area contributed by atoms with E-state index in [1.165, 1.54) is 5.70 Å². The van der Waals surface area contributed by atoms with Crippen molar-refractivity contribution in [2.75, 3.05) is 30.3 Å². The van der Waals surface area contributed by atoms with E-state index >= 15 is 0 Å². The lowest BCUT2D eigenvalue weighted by molar-refractivity contribution is 0.333. The number of anilines is 2. The number of fused-ring (bicyclic) bond motifs is 10. The van der Waals surface area contributed by atoms with Crippen LogP contribution < -0.4 is 20.7 Å². The summed E-state index contributed by atoms with van der Waals surface area (Å²) in [6.07, 6.45) is 6.82. The van der Waals surface area contributed by atoms with Crippen LogP contribution in [-0.2, 0) is 0 Å². The van der Waals surface area contributed by atoms with Gasteiger partial charge in [-0.05, 0) is 61.5 Å². The highest BCUT2D eigenvalue weighted by Gasteiger charge is 2.36. The van der Waals surface area contributed by atoms with Crippen LogP contribution in [0.3, 0.4) is 0 Å². The van der Waals surface area contributed by atoms with Crippen LogP contribution in [0.2, 0.25) is 0 Å². The second kappa shape index (κ2) is 9.47. The monoisotopic (exact) mass is 515 g/mol. The van der Waals surface area contributed by atoms with Crippen molar-refractivity contribution < 1.29 is 4.74 Å². The largest absolute Gasteiger partial charge is 0.492 e. The predicted molar refractivity (Wildman–Crippen MR) is 157 cm³/mol. The molecule has 0 amide bonds. The van der Waals surface area contributed by atoms with Crippen LogP contribution >= 0.6 is 0 Å². The van der Waals surface area contributed by atoms with Crippen LogP contribution in [-0.4, -0.2) is 47.4 Å². The van der Waals surface area contributed by atoms with Crippen LogP contribution in [0.5, 0.6) is 5.75 Å². The molecule has 5 heterocycles. The summed E-state index contributed by atoms with van der Waals surface area (Å²) in [5, 5.41) is 10.7. The van der Waals surface area contributed by atoms with Gasteiger partial charge in [-0.15, -0.1) is 0 Å². The molecular formula is C31H29N7O. The topological polar surface area (TPSA) is 109 Å². The van der Waals surface area contributed by atoms with Gasteiger partial charge in [-0.1, -0.05) is 24.3 Å². The fourth-order valence-corrected chi connectivity index (χ4v) is 5.50. The van der Waals surface area contributed by atoms with Crippen molar-refractivity contribution in [2.45, 2.75) is 19.4 Å². The smallest absolute Gasteiger partial charge is 0.178 e. The predicted octanol–water partition coefficient (Wildman–Crippen LogP) is 5.61. The Kier molecular flexibility index (Phi) is 5.65. The number of pyridine rings is 1. The first kappa shape index (κ1) is 23.3. The van der Waals surface area contributed by atoms with Crippen LogP contribution in [0.4, 0.5) is 17.2 Å². The normalized spacial score (nSPS) is 18.6. The Balaban J connectivity index is 1.46. The standard InChI is InChI=1S/C31H29N7O/c1-3-23-19-5-4-6-22(14-19)39-12-11-34-21-13-20(16-33-17-21)18-7-8-25-24(15-18)27(29-26(36-29)9-10-35-25)30-37-28(23)31(32-2)38-30/h3-8,13-17,26,34-36H,2,9-12H2,1H3,(H,37,38)/b23-3-,29-27?. The van der Waals surface area contributed by atoms with E-state index in [0.29, 0.717) is 25.0 Å². The van der Waals surface area contributed by atoms with Crippen molar-refractivity contribution in [3.05, 3.63) is 95.3 Å². The third kappa shape index (κ3) is 4.24. The summed E-state index contributed by atoms with van der Waals surface area (Å²) in [5.41, 5.74) is 10.3. The summed E-state index contributed by atoms with van der Waals surface area (Å²) in [7, 11) is 0. The Bertz CT molecular complexity index is 1670. The molecule has 1 saturated heterocycles. The third-order valence-electron chi connectivity index (χ3n) is 7.45. The Labute approximate surface area is 227 Å². The Morgan fingerprint density at radius 2 is 1.97 bits per heavy atom. The Morgan fingerprint density at radius 1 is 1.03 bits per heavy atom. The fraction of sp³-hybridized carbons (Fsp3) is 0.194. The van der Waals surface area contributed by atoms with E-state index < -0.39 is 0 Å². The van der Waals surface area contributed by atoms with Gasteiger partial charge in [0.1, 0.15) is 18.2 Å². The Morgan fingerprint density at radius 3 is 2.87 bits per heavy atom. The SMILES string of the molecule is C=Nc1nc2[nH]c1/C(=C\C)c1cccc(c1)OCCNc1cncc(c1)-c1ccc3c(c1)C2=C1NC1CCN3. The van der Waals surface area contributed by atoms with E-state index in [9.17, 15) is 0 Å². The molecule has 8 nitrogen and oxygen atoms in total. The third-order valence-corrected chi connectivity index (χ3v) is 7.45. The maximum absolute atomic E-state index is 6.09. The number of nitrogens with one attached hydrogen (secondary N) is 4. The van der Waals surface area contributed by atoms with E-state index in [1.54, 1.807) is 0 Å². The lowest BCUT2D eigenvalue weighted by Gasteiger charge is -2.17. The van der Waals surface area contributed by atoms with Crippen molar-refractivity contribution in [3.8, 4) is 16.9 Å². The molecule has 7 rings (SSSR count). The van der Waals surface area contributed by atoms with Gasteiger partial charge in [0.05, 0.1) is 17.4 Å². The van der Waals surface area contributed by atoms with Gasteiger partial charge in [-0.3, -0.25) is 4.98 Å². The summed E-state index contributed by atoms with van der Waals surface area (Å²) in [6, 6.07) is 17.1. The number of aromatic amines is 1. The summed E-state index contributed by atoms with van der Waals surface area (Å²) in [4.78, 5) is 17.4. The molecule has 194 valence electrons. The van der Waals surface area contributed by atoms with E-state index in [1.807, 2.05) is 31.5 Å². The number of aromatic nitrogens is 3. The molecule has 3 aliphatic heterocycles. The molecule has 1 unspecified atom stereocenters. The fourth-order valence-electron chi connectivity index (χ4n) is 5.50. The van der Waals surface area contributed by atoms with E-state index in [4.69, 9.17) is 9.72 Å². The summed E-state index contributed by atoms with van der Waals surface area (Å²) >= 11 is 0. The molecule has 39 heavy (non-hydrogen) atoms. The van der Waals surface area contributed by atoms with E-state index in [2.05, 4.69) is 80.1 Å². The minimum atomic E-state index is 0.320. The molecule has 4 N–H and O–H groups in total. The first-order chi connectivity index (χ1) is 19.2. The molecule has 0 saturated carbocycles. The minimum Gasteiger partial charge on any atom is -0.492 e. The van der Waals surface area contributed by atoms with Gasteiger partial charge in [0.15, 0.2) is 5.82 Å². The molecule has 1 fully saturated rings. The van der Waals surface area contributed by atoms with Gasteiger partial charge >= 0.3 is 0 Å². The molecule has 4 aromatic rings. The number of aliphatic imine (C=N–C) groups is 1. The summed E-state index contributed by atoms with van der Waals surface area (Å²) in [5.74, 6) is 2.14. The molecule has 0 radical (unpaired) electrons. The highest BCUT2D eigenvalue weighted by Crippen LogP contribution is 2.42. The molecule has 2 aromatic heterocycles. The zero-order chi connectivity index (χ0) is 26.3. The van der Waals surface area contributed by atoms with Crippen molar-refractivity contribution in [2.24, 2.45) is 4.99 Å². The zero-order valence-electron chi connectivity index (χ0n) is 21.7. The number of rotatable bonds is 1. The molecule has 0 spiro atoms. The summed E-state index contributed by atoms with van der Waals surface area (Å²) in [6.45, 7) is 7.93. The van der Waals surface area contributed by atoms with Gasteiger partial charge in [0, 0.05) is 59.1 Å². The van der Waals surface area contributed by atoms with Crippen molar-refractivity contribution in [1.82, 2.24) is 20.3 Å². The molecule has 8 bridgehead atoms. The van der Waals surface area contributed by atoms with Gasteiger partial charge in [-0.25, -0.2) is 9.98 Å². The second-order valence-electron chi connectivity index (χ2n) is 9.87. The first-order valence-corrected chi connectivity index (χ1v) is 13.3. The van der Waals surface area contributed by atoms with Crippen molar-refractivity contribution in [1.29, 1.82) is 0 Å². The second-order valence-corrected chi connectivity index (χ2v) is 9.87. The van der Waals surface area contributed by atoms with Gasteiger partial charge in [0.25, 0.3) is 0 Å². The van der Waals surface area contributed by atoms with Crippen molar-refractivity contribution >= 4 is 35.1 Å². The van der Waals surface area contributed by atoms with Crippen LogP contribution in [0.25, 0.3) is 22.3 Å². The zero-order valence-corrected chi connectivity index (χ0v) is 21.7. The van der Waals surface area contributed by atoms with Gasteiger partial charge in [-0.2, -0.15) is 0 Å². The van der Waals surface area contributed by atoms with E-state index in [0.717, 1.165) is 75.0 Å². The molecule has 0 aliphatic carbocycles. The molecule has 1 atom stereocenters.